The van der Waals surface area contributed by atoms with E-state index in [1.807, 2.05) is 6.92 Å². The Morgan fingerprint density at radius 2 is 2.21 bits per heavy atom. The van der Waals surface area contributed by atoms with Crippen LogP contribution in [0.2, 0.25) is 5.02 Å². The number of amides is 1. The first-order valence-corrected chi connectivity index (χ1v) is 6.26. The predicted octanol–water partition coefficient (Wildman–Crippen LogP) is 1.67. The molecule has 0 aromatic heterocycles. The minimum Gasteiger partial charge on any atom is -0.337 e. The average molecular weight is 284 g/mol. The number of carbonyl (C=O) groups excluding carboxylic acids is 1. The highest BCUT2D eigenvalue weighted by molar-refractivity contribution is 6.31. The lowest BCUT2D eigenvalue weighted by atomic mass is 10.1. The monoisotopic (exact) mass is 283 g/mol. The maximum absolute atomic E-state index is 12.3. The molecule has 0 spiro atoms. The Labute approximate surface area is 115 Å². The SMILES string of the molecule is CC1CN(C(=O)c2cc(Cl)ccc2[N+](=O)[O-])CC1N. The van der Waals surface area contributed by atoms with Crippen molar-refractivity contribution in [1.82, 2.24) is 4.90 Å². The molecule has 1 saturated heterocycles. The zero-order valence-electron chi connectivity index (χ0n) is 10.4. The summed E-state index contributed by atoms with van der Waals surface area (Å²) >= 11 is 5.81. The lowest BCUT2D eigenvalue weighted by molar-refractivity contribution is -0.385. The third-order valence-electron chi connectivity index (χ3n) is 3.34. The number of hydrogen-bond donors (Lipinski definition) is 1. The van der Waals surface area contributed by atoms with Crippen molar-refractivity contribution in [1.29, 1.82) is 0 Å². The second-order valence-corrected chi connectivity index (χ2v) is 5.21. The molecule has 7 heteroatoms. The number of nitro benzene ring substituents is 1. The van der Waals surface area contributed by atoms with E-state index < -0.39 is 10.8 Å². The molecule has 2 atom stereocenters. The minimum atomic E-state index is -0.580. The van der Waals surface area contributed by atoms with Crippen LogP contribution in [-0.4, -0.2) is 34.9 Å². The van der Waals surface area contributed by atoms with Gasteiger partial charge < -0.3 is 10.6 Å². The van der Waals surface area contributed by atoms with Crippen molar-refractivity contribution in [2.75, 3.05) is 13.1 Å². The van der Waals surface area contributed by atoms with Crippen LogP contribution in [0.1, 0.15) is 17.3 Å². The Bertz CT molecular complexity index is 525. The summed E-state index contributed by atoms with van der Waals surface area (Å²) < 4.78 is 0. The van der Waals surface area contributed by atoms with Crippen LogP contribution in [0.25, 0.3) is 0 Å². The molecule has 0 radical (unpaired) electrons. The molecular formula is C12H14ClN3O3. The van der Waals surface area contributed by atoms with Crippen molar-refractivity contribution in [3.8, 4) is 0 Å². The molecule has 2 unspecified atom stereocenters. The molecule has 0 bridgehead atoms. The highest BCUT2D eigenvalue weighted by Gasteiger charge is 2.33. The number of carbonyl (C=O) groups is 1. The van der Waals surface area contributed by atoms with Crippen LogP contribution in [0.15, 0.2) is 18.2 Å². The van der Waals surface area contributed by atoms with E-state index in [-0.39, 0.29) is 23.2 Å². The Hall–Kier alpha value is -1.66. The summed E-state index contributed by atoms with van der Waals surface area (Å²) in [5, 5.41) is 11.2. The molecule has 1 heterocycles. The van der Waals surface area contributed by atoms with Gasteiger partial charge >= 0.3 is 0 Å². The van der Waals surface area contributed by atoms with E-state index in [1.165, 1.54) is 23.1 Å². The first kappa shape index (κ1) is 13.8. The number of nitro groups is 1. The third kappa shape index (κ3) is 2.69. The first-order chi connectivity index (χ1) is 8.90. The van der Waals surface area contributed by atoms with Gasteiger partial charge in [-0.3, -0.25) is 14.9 Å². The molecule has 1 amide bonds. The molecule has 2 N–H and O–H groups in total. The zero-order valence-corrected chi connectivity index (χ0v) is 11.1. The second kappa shape index (κ2) is 5.14. The highest BCUT2D eigenvalue weighted by Crippen LogP contribution is 2.26. The van der Waals surface area contributed by atoms with Gasteiger partial charge in [-0.1, -0.05) is 18.5 Å². The second-order valence-electron chi connectivity index (χ2n) is 4.77. The number of nitrogens with two attached hydrogens (primary N) is 1. The summed E-state index contributed by atoms with van der Waals surface area (Å²) in [5.74, 6) is -0.212. The quantitative estimate of drug-likeness (QED) is 0.660. The summed E-state index contributed by atoms with van der Waals surface area (Å²) in [5.41, 5.74) is 5.64. The van der Waals surface area contributed by atoms with Crippen LogP contribution >= 0.6 is 11.6 Å². The molecule has 1 aromatic carbocycles. The van der Waals surface area contributed by atoms with Gasteiger partial charge in [0.15, 0.2) is 0 Å². The van der Waals surface area contributed by atoms with Gasteiger partial charge in [0, 0.05) is 30.2 Å². The molecule has 1 aliphatic heterocycles. The summed E-state index contributed by atoms with van der Waals surface area (Å²) in [4.78, 5) is 24.2. The van der Waals surface area contributed by atoms with Crippen molar-refractivity contribution < 1.29 is 9.72 Å². The van der Waals surface area contributed by atoms with Crippen molar-refractivity contribution >= 4 is 23.2 Å². The molecule has 6 nitrogen and oxygen atoms in total. The Balaban J connectivity index is 2.33. The largest absolute Gasteiger partial charge is 0.337 e. The molecule has 1 fully saturated rings. The van der Waals surface area contributed by atoms with E-state index in [1.54, 1.807) is 0 Å². The normalized spacial score (nSPS) is 22.6. The van der Waals surface area contributed by atoms with Gasteiger partial charge in [0.2, 0.25) is 0 Å². The molecule has 1 aromatic rings. The van der Waals surface area contributed by atoms with Gasteiger partial charge in [0.05, 0.1) is 4.92 Å². The fraction of sp³-hybridized carbons (Fsp3) is 0.417. The van der Waals surface area contributed by atoms with Crippen LogP contribution in [0, 0.1) is 16.0 Å². The molecular weight excluding hydrogens is 270 g/mol. The lowest BCUT2D eigenvalue weighted by Gasteiger charge is -2.16. The summed E-state index contributed by atoms with van der Waals surface area (Å²) in [7, 11) is 0. The van der Waals surface area contributed by atoms with Crippen LogP contribution in [0.5, 0.6) is 0 Å². The van der Waals surface area contributed by atoms with Crippen molar-refractivity contribution in [2.24, 2.45) is 11.7 Å². The third-order valence-corrected chi connectivity index (χ3v) is 3.58. The van der Waals surface area contributed by atoms with Crippen LogP contribution in [0.4, 0.5) is 5.69 Å². The van der Waals surface area contributed by atoms with Crippen LogP contribution in [0.3, 0.4) is 0 Å². The van der Waals surface area contributed by atoms with Gasteiger partial charge in [-0.25, -0.2) is 0 Å². The fourth-order valence-electron chi connectivity index (χ4n) is 2.17. The van der Waals surface area contributed by atoms with Crippen LogP contribution < -0.4 is 5.73 Å². The van der Waals surface area contributed by atoms with Gasteiger partial charge in [0.25, 0.3) is 11.6 Å². The Morgan fingerprint density at radius 1 is 1.53 bits per heavy atom. The number of nitrogens with zero attached hydrogens (tertiary/aromatic N) is 2. The minimum absolute atomic E-state index is 0.0128. The predicted molar refractivity (Wildman–Crippen MR) is 71.1 cm³/mol. The van der Waals surface area contributed by atoms with Crippen molar-refractivity contribution in [2.45, 2.75) is 13.0 Å². The Morgan fingerprint density at radius 3 is 2.74 bits per heavy atom. The molecule has 2 rings (SSSR count). The summed E-state index contributed by atoms with van der Waals surface area (Å²) in [6.45, 7) is 2.86. The number of benzene rings is 1. The van der Waals surface area contributed by atoms with E-state index in [0.29, 0.717) is 18.1 Å². The number of likely N-dealkylation sites (tertiary alicyclic amines) is 1. The van der Waals surface area contributed by atoms with E-state index in [2.05, 4.69) is 0 Å². The standard InChI is InChI=1S/C12H14ClN3O3/c1-7-5-15(6-10(7)14)12(17)9-4-8(13)2-3-11(9)16(18)19/h2-4,7,10H,5-6,14H2,1H3. The van der Waals surface area contributed by atoms with E-state index in [9.17, 15) is 14.9 Å². The van der Waals surface area contributed by atoms with Crippen molar-refractivity contribution in [3.63, 3.8) is 0 Å². The maximum Gasteiger partial charge on any atom is 0.282 e. The smallest absolute Gasteiger partial charge is 0.282 e. The van der Waals surface area contributed by atoms with Gasteiger partial charge in [-0.05, 0) is 18.1 Å². The summed E-state index contributed by atoms with van der Waals surface area (Å²) in [6.07, 6.45) is 0. The number of hydrogen-bond acceptors (Lipinski definition) is 4. The molecule has 102 valence electrons. The number of rotatable bonds is 2. The molecule has 0 saturated carbocycles. The van der Waals surface area contributed by atoms with Crippen molar-refractivity contribution in [3.05, 3.63) is 38.9 Å². The van der Waals surface area contributed by atoms with E-state index >= 15 is 0 Å². The lowest BCUT2D eigenvalue weighted by Crippen LogP contribution is -2.32. The Kier molecular flexibility index (Phi) is 3.73. The fourth-order valence-corrected chi connectivity index (χ4v) is 2.34. The maximum atomic E-state index is 12.3. The first-order valence-electron chi connectivity index (χ1n) is 5.89. The van der Waals surface area contributed by atoms with Gasteiger partial charge in [0.1, 0.15) is 5.56 Å². The topological polar surface area (TPSA) is 89.5 Å². The van der Waals surface area contributed by atoms with Gasteiger partial charge in [-0.15, -0.1) is 0 Å². The molecule has 0 aliphatic carbocycles. The van der Waals surface area contributed by atoms with Gasteiger partial charge in [-0.2, -0.15) is 0 Å². The zero-order chi connectivity index (χ0) is 14.2. The molecule has 1 aliphatic rings. The highest BCUT2D eigenvalue weighted by atomic mass is 35.5. The van der Waals surface area contributed by atoms with Crippen LogP contribution in [-0.2, 0) is 0 Å². The summed E-state index contributed by atoms with van der Waals surface area (Å²) in [6, 6.07) is 3.88. The average Bonchev–Trinajstić information content (AvgIpc) is 2.68. The van der Waals surface area contributed by atoms with E-state index in [4.69, 9.17) is 17.3 Å². The van der Waals surface area contributed by atoms with E-state index in [0.717, 1.165) is 0 Å². The number of halogens is 1. The molecule has 19 heavy (non-hydrogen) atoms.